The van der Waals surface area contributed by atoms with Crippen LogP contribution in [0.15, 0.2) is 47.4 Å². The molecule has 136 valence electrons. The zero-order chi connectivity index (χ0) is 18.3. The average Bonchev–Trinajstić information content (AvgIpc) is 2.54. The van der Waals surface area contributed by atoms with Crippen molar-refractivity contribution in [2.75, 3.05) is 0 Å². The maximum atomic E-state index is 12.2. The van der Waals surface area contributed by atoms with E-state index in [9.17, 15) is 18.1 Å². The van der Waals surface area contributed by atoms with Crippen LogP contribution in [-0.4, -0.2) is 13.0 Å². The molecule has 0 aliphatic carbocycles. The molecular formula is C19H23NaO5S. The standard InChI is InChI=1S/C19H24O5S.Na/c1-2-3-4-5-7-10-15-13-17(24-16-11-8-6-9-12-16)14-18(20)19(15)25(21,22)23;/h6,8-9,11-14,20H,2-5,7,10H2,1H3,(H,21,22,23);/q;+1/p-1. The summed E-state index contributed by atoms with van der Waals surface area (Å²) in [4.78, 5) is -0.539. The Hall–Kier alpha value is -1.05. The molecule has 5 nitrogen and oxygen atoms in total. The van der Waals surface area contributed by atoms with E-state index in [0.717, 1.165) is 38.2 Å². The van der Waals surface area contributed by atoms with Gasteiger partial charge in [-0.05, 0) is 42.7 Å². The van der Waals surface area contributed by atoms with E-state index < -0.39 is 20.8 Å². The molecule has 0 atom stereocenters. The molecule has 0 unspecified atom stereocenters. The van der Waals surface area contributed by atoms with Crippen LogP contribution >= 0.6 is 0 Å². The second kappa shape index (κ2) is 10.9. The van der Waals surface area contributed by atoms with Crippen LogP contribution in [0.2, 0.25) is 0 Å². The predicted molar refractivity (Wildman–Crippen MR) is 94.7 cm³/mol. The fraction of sp³-hybridized carbons (Fsp3) is 0.368. The molecule has 0 saturated carbocycles. The maximum Gasteiger partial charge on any atom is 1.00 e. The zero-order valence-electron chi connectivity index (χ0n) is 15.3. The van der Waals surface area contributed by atoms with Gasteiger partial charge in [-0.2, -0.15) is 8.42 Å². The van der Waals surface area contributed by atoms with E-state index in [4.69, 9.17) is 4.74 Å². The molecule has 7 heteroatoms. The van der Waals surface area contributed by atoms with Gasteiger partial charge in [0.25, 0.3) is 10.1 Å². The fourth-order valence-electron chi connectivity index (χ4n) is 2.71. The summed E-state index contributed by atoms with van der Waals surface area (Å²) in [6.07, 6.45) is 5.38. The Kier molecular flexibility index (Phi) is 9.68. The summed E-state index contributed by atoms with van der Waals surface area (Å²) in [7, 11) is -4.57. The molecule has 1 N–H and O–H groups in total. The van der Waals surface area contributed by atoms with Gasteiger partial charge in [-0.15, -0.1) is 0 Å². The molecule has 0 heterocycles. The van der Waals surface area contributed by atoms with Crippen molar-refractivity contribution < 1.29 is 52.4 Å². The van der Waals surface area contributed by atoms with Gasteiger partial charge in [0.1, 0.15) is 11.5 Å². The van der Waals surface area contributed by atoms with Crippen molar-refractivity contribution in [3.05, 3.63) is 48.0 Å². The first-order valence-corrected chi connectivity index (χ1v) is 9.90. The van der Waals surface area contributed by atoms with Crippen LogP contribution in [-0.2, 0) is 16.5 Å². The van der Waals surface area contributed by atoms with Crippen molar-refractivity contribution in [1.82, 2.24) is 0 Å². The second-order valence-electron chi connectivity index (χ2n) is 5.96. The van der Waals surface area contributed by atoms with E-state index in [2.05, 4.69) is 6.92 Å². The van der Waals surface area contributed by atoms with Gasteiger partial charge in [0.2, 0.25) is 0 Å². The summed E-state index contributed by atoms with van der Waals surface area (Å²) in [6.45, 7) is 2.12. The number of para-hydroxylation sites is 1. The number of hydrogen-bond donors (Lipinski definition) is 1. The van der Waals surface area contributed by atoms with E-state index in [1.165, 1.54) is 6.07 Å². The van der Waals surface area contributed by atoms with Gasteiger partial charge in [0.15, 0.2) is 0 Å². The molecule has 0 radical (unpaired) electrons. The molecule has 2 aromatic carbocycles. The smallest absolute Gasteiger partial charge is 0.871 e. The number of aryl methyl sites for hydroxylation is 1. The summed E-state index contributed by atoms with van der Waals surface area (Å²) in [5.74, 6) is 0.0713. The van der Waals surface area contributed by atoms with Crippen LogP contribution < -0.4 is 39.4 Å². The maximum absolute atomic E-state index is 12.2. The van der Waals surface area contributed by atoms with Gasteiger partial charge < -0.3 is 9.84 Å². The molecule has 26 heavy (non-hydrogen) atoms. The minimum Gasteiger partial charge on any atom is -0.871 e. The Morgan fingerprint density at radius 1 is 1.00 bits per heavy atom. The number of rotatable bonds is 9. The van der Waals surface area contributed by atoms with Crippen LogP contribution in [0.25, 0.3) is 0 Å². The number of unbranched alkanes of at least 4 members (excludes halogenated alkanes) is 4. The first-order chi connectivity index (χ1) is 11.9. The van der Waals surface area contributed by atoms with Crippen molar-refractivity contribution in [3.8, 4) is 17.2 Å². The molecule has 0 amide bonds. The van der Waals surface area contributed by atoms with Crippen LogP contribution in [0.1, 0.15) is 44.6 Å². The normalized spacial score (nSPS) is 11.0. The second-order valence-corrected chi connectivity index (χ2v) is 7.32. The van der Waals surface area contributed by atoms with Gasteiger partial charge in [0.05, 0.1) is 4.90 Å². The molecular weight excluding hydrogens is 363 g/mol. The minimum atomic E-state index is -4.57. The van der Waals surface area contributed by atoms with Crippen LogP contribution in [0.4, 0.5) is 0 Å². The summed E-state index contributed by atoms with van der Waals surface area (Å²) in [6, 6.07) is 11.5. The summed E-state index contributed by atoms with van der Waals surface area (Å²) in [5.41, 5.74) is 0.303. The minimum absolute atomic E-state index is 0. The Bertz CT molecular complexity index is 791. The summed E-state index contributed by atoms with van der Waals surface area (Å²) >= 11 is 0. The number of hydrogen-bond acceptors (Lipinski definition) is 4. The van der Waals surface area contributed by atoms with Crippen LogP contribution in [0.3, 0.4) is 0 Å². The SMILES string of the molecule is CCCCCCCc1cc(Oc2ccccc2)cc([O-])c1S(=O)(=O)O.[Na+]. The van der Waals surface area contributed by atoms with Gasteiger partial charge in [-0.25, -0.2) is 0 Å². The van der Waals surface area contributed by atoms with Gasteiger partial charge in [-0.1, -0.05) is 56.6 Å². The molecule has 0 aliphatic heterocycles. The Morgan fingerprint density at radius 3 is 2.27 bits per heavy atom. The monoisotopic (exact) mass is 386 g/mol. The van der Waals surface area contributed by atoms with Crippen molar-refractivity contribution in [2.24, 2.45) is 0 Å². The first kappa shape index (κ1) is 23.0. The molecule has 0 fully saturated rings. The zero-order valence-corrected chi connectivity index (χ0v) is 18.1. The van der Waals surface area contributed by atoms with Crippen molar-refractivity contribution >= 4 is 10.1 Å². The van der Waals surface area contributed by atoms with Crippen molar-refractivity contribution in [1.29, 1.82) is 0 Å². The van der Waals surface area contributed by atoms with E-state index in [1.54, 1.807) is 24.3 Å². The van der Waals surface area contributed by atoms with E-state index in [0.29, 0.717) is 17.7 Å². The average molecular weight is 386 g/mol. The number of ether oxygens (including phenoxy) is 1. The van der Waals surface area contributed by atoms with E-state index in [1.807, 2.05) is 6.07 Å². The molecule has 0 aliphatic rings. The fourth-order valence-corrected chi connectivity index (χ4v) is 3.52. The molecule has 0 bridgehead atoms. The summed E-state index contributed by atoms with van der Waals surface area (Å²) < 4.78 is 38.2. The largest absolute Gasteiger partial charge is 1.00 e. The quantitative estimate of drug-likeness (QED) is 0.399. The Balaban J connectivity index is 0.00000338. The van der Waals surface area contributed by atoms with Crippen molar-refractivity contribution in [3.63, 3.8) is 0 Å². The van der Waals surface area contributed by atoms with E-state index in [-0.39, 0.29) is 35.3 Å². The van der Waals surface area contributed by atoms with Gasteiger partial charge in [0, 0.05) is 0 Å². The third-order valence-electron chi connectivity index (χ3n) is 3.89. The Labute approximate surface area is 177 Å². The van der Waals surface area contributed by atoms with Crippen LogP contribution in [0.5, 0.6) is 17.2 Å². The molecule has 0 spiro atoms. The van der Waals surface area contributed by atoms with Crippen LogP contribution in [0, 0.1) is 0 Å². The molecule has 2 rings (SSSR count). The molecule has 0 aromatic heterocycles. The third kappa shape index (κ3) is 6.93. The van der Waals surface area contributed by atoms with Gasteiger partial charge >= 0.3 is 29.6 Å². The van der Waals surface area contributed by atoms with Gasteiger partial charge in [-0.3, -0.25) is 4.55 Å². The molecule has 0 saturated heterocycles. The predicted octanol–water partition coefficient (Wildman–Crippen LogP) is 1.32. The topological polar surface area (TPSA) is 86.7 Å². The molecule has 2 aromatic rings. The first-order valence-electron chi connectivity index (χ1n) is 8.46. The Morgan fingerprint density at radius 2 is 1.65 bits per heavy atom. The van der Waals surface area contributed by atoms with E-state index >= 15 is 0 Å². The summed E-state index contributed by atoms with van der Waals surface area (Å²) in [5, 5.41) is 12.2. The number of benzene rings is 2. The third-order valence-corrected chi connectivity index (χ3v) is 4.87. The van der Waals surface area contributed by atoms with Crippen molar-refractivity contribution in [2.45, 2.75) is 50.3 Å².